The SMILES string of the molecule is COCCCN(Cc1cc2c(C)c(Cc3ccccc3)c(=O)oc2c(C)c1O)C[C@@H]1CCCN2CCCC[C@H]12. The molecule has 0 aliphatic carbocycles. The molecule has 2 aliphatic rings. The molecule has 0 spiro atoms. The van der Waals surface area contributed by atoms with E-state index in [1.54, 1.807) is 7.11 Å². The van der Waals surface area contributed by atoms with Gasteiger partial charge >= 0.3 is 5.63 Å². The summed E-state index contributed by atoms with van der Waals surface area (Å²) in [6, 6.07) is 12.8. The van der Waals surface area contributed by atoms with Gasteiger partial charge in [0, 0.05) is 67.9 Å². The summed E-state index contributed by atoms with van der Waals surface area (Å²) in [5, 5.41) is 12.2. The molecule has 210 valence electrons. The van der Waals surface area contributed by atoms with Crippen LogP contribution in [0.5, 0.6) is 5.75 Å². The van der Waals surface area contributed by atoms with Gasteiger partial charge in [-0.2, -0.15) is 0 Å². The topological polar surface area (TPSA) is 66.1 Å². The zero-order valence-corrected chi connectivity index (χ0v) is 23.9. The van der Waals surface area contributed by atoms with Gasteiger partial charge in [-0.3, -0.25) is 4.90 Å². The standard InChI is InChI=1S/C33H44N2O4/c1-23-28-20-27(31(36)24(2)32(28)39-33(37)29(23)19-25-11-5-4-6-12-25)22-34(15-10-18-38-3)21-26-13-9-17-35-16-8-7-14-30(26)35/h4-6,11-12,20,26,30,36H,7-10,13-19,21-22H2,1-3H3/t26-,30+/m0/s1. The van der Waals surface area contributed by atoms with Crippen LogP contribution in [-0.2, 0) is 17.7 Å². The Hall–Kier alpha value is -2.67. The lowest BCUT2D eigenvalue weighted by atomic mass is 9.83. The predicted molar refractivity (Wildman–Crippen MR) is 157 cm³/mol. The van der Waals surface area contributed by atoms with E-state index in [0.29, 0.717) is 41.6 Å². The molecule has 0 radical (unpaired) electrons. The molecule has 2 aromatic carbocycles. The number of hydrogen-bond acceptors (Lipinski definition) is 6. The smallest absolute Gasteiger partial charge is 0.340 e. The molecule has 2 aliphatic heterocycles. The number of aromatic hydroxyl groups is 1. The van der Waals surface area contributed by atoms with Crippen LogP contribution in [0.2, 0.25) is 0 Å². The molecule has 2 fully saturated rings. The molecule has 39 heavy (non-hydrogen) atoms. The van der Waals surface area contributed by atoms with E-state index in [-0.39, 0.29) is 11.4 Å². The van der Waals surface area contributed by atoms with Crippen molar-refractivity contribution in [2.45, 2.75) is 71.4 Å². The Bertz CT molecular complexity index is 1320. The van der Waals surface area contributed by atoms with Crippen LogP contribution < -0.4 is 5.63 Å². The quantitative estimate of drug-likeness (QED) is 0.263. The van der Waals surface area contributed by atoms with Crippen molar-refractivity contribution < 1.29 is 14.3 Å². The zero-order chi connectivity index (χ0) is 27.4. The van der Waals surface area contributed by atoms with E-state index in [1.165, 1.54) is 45.2 Å². The first-order valence-electron chi connectivity index (χ1n) is 14.7. The molecule has 5 rings (SSSR count). The Kier molecular flexibility index (Phi) is 9.06. The van der Waals surface area contributed by atoms with E-state index in [2.05, 4.69) is 15.9 Å². The molecular formula is C33H44N2O4. The number of nitrogens with zero attached hydrogens (tertiary/aromatic N) is 2. The van der Waals surface area contributed by atoms with Gasteiger partial charge in [0.1, 0.15) is 11.3 Å². The van der Waals surface area contributed by atoms with E-state index in [1.807, 2.05) is 44.2 Å². The second-order valence-electron chi connectivity index (χ2n) is 11.6. The number of aryl methyl sites for hydroxylation is 2. The molecule has 0 amide bonds. The first-order valence-corrected chi connectivity index (χ1v) is 14.7. The summed E-state index contributed by atoms with van der Waals surface area (Å²) >= 11 is 0. The number of phenols is 1. The maximum atomic E-state index is 13.0. The minimum Gasteiger partial charge on any atom is -0.507 e. The molecular weight excluding hydrogens is 488 g/mol. The van der Waals surface area contributed by atoms with Crippen LogP contribution in [0.25, 0.3) is 11.0 Å². The molecule has 0 unspecified atom stereocenters. The molecule has 1 aromatic heterocycles. The molecule has 6 heteroatoms. The fourth-order valence-corrected chi connectivity index (χ4v) is 6.89. The number of phenolic OH excluding ortho intramolecular Hbond substituents is 1. The van der Waals surface area contributed by atoms with Gasteiger partial charge in [-0.05, 0) is 82.2 Å². The Morgan fingerprint density at radius 1 is 1.08 bits per heavy atom. The summed E-state index contributed by atoms with van der Waals surface area (Å²) in [5.74, 6) is 0.892. The van der Waals surface area contributed by atoms with Crippen LogP contribution in [0.1, 0.15) is 66.3 Å². The van der Waals surface area contributed by atoms with E-state index in [9.17, 15) is 9.90 Å². The lowest BCUT2D eigenvalue weighted by Crippen LogP contribution is -2.51. The van der Waals surface area contributed by atoms with Crippen LogP contribution in [0, 0.1) is 19.8 Å². The van der Waals surface area contributed by atoms with Gasteiger partial charge in [-0.25, -0.2) is 4.79 Å². The number of hydrogen-bond donors (Lipinski definition) is 1. The summed E-state index contributed by atoms with van der Waals surface area (Å²) in [7, 11) is 1.76. The van der Waals surface area contributed by atoms with Crippen molar-refractivity contribution in [3.05, 3.63) is 74.6 Å². The van der Waals surface area contributed by atoms with E-state index < -0.39 is 0 Å². The number of piperidine rings is 2. The maximum Gasteiger partial charge on any atom is 0.340 e. The van der Waals surface area contributed by atoms with Crippen molar-refractivity contribution in [2.75, 3.05) is 39.9 Å². The largest absolute Gasteiger partial charge is 0.507 e. The van der Waals surface area contributed by atoms with E-state index >= 15 is 0 Å². The third-order valence-electron chi connectivity index (χ3n) is 9.02. The number of benzene rings is 2. The third-order valence-corrected chi connectivity index (χ3v) is 9.02. The van der Waals surface area contributed by atoms with E-state index in [4.69, 9.17) is 9.15 Å². The third kappa shape index (κ3) is 6.24. The Labute approximate surface area is 232 Å². The average Bonchev–Trinajstić information content (AvgIpc) is 2.95. The van der Waals surface area contributed by atoms with Crippen molar-refractivity contribution in [1.82, 2.24) is 9.80 Å². The highest BCUT2D eigenvalue weighted by molar-refractivity contribution is 5.86. The van der Waals surface area contributed by atoms with Gasteiger partial charge < -0.3 is 19.2 Å². The highest BCUT2D eigenvalue weighted by Gasteiger charge is 2.34. The molecule has 3 heterocycles. The number of methoxy groups -OCH3 is 1. The van der Waals surface area contributed by atoms with Crippen LogP contribution >= 0.6 is 0 Å². The molecule has 0 saturated carbocycles. The van der Waals surface area contributed by atoms with Crippen molar-refractivity contribution in [1.29, 1.82) is 0 Å². The van der Waals surface area contributed by atoms with Gasteiger partial charge in [0.25, 0.3) is 0 Å². The van der Waals surface area contributed by atoms with Gasteiger partial charge in [0.05, 0.1) is 0 Å². The van der Waals surface area contributed by atoms with Crippen LogP contribution in [-0.4, -0.2) is 60.8 Å². The summed E-state index contributed by atoms with van der Waals surface area (Å²) in [6.45, 7) is 9.70. The van der Waals surface area contributed by atoms with Gasteiger partial charge in [-0.1, -0.05) is 36.8 Å². The second-order valence-corrected chi connectivity index (χ2v) is 11.6. The zero-order valence-electron chi connectivity index (χ0n) is 23.9. The molecule has 6 nitrogen and oxygen atoms in total. The Morgan fingerprint density at radius 2 is 1.87 bits per heavy atom. The van der Waals surface area contributed by atoms with Crippen molar-refractivity contribution >= 4 is 11.0 Å². The molecule has 1 N–H and O–H groups in total. The molecule has 2 atom stereocenters. The lowest BCUT2D eigenvalue weighted by Gasteiger charge is -2.45. The van der Waals surface area contributed by atoms with Crippen molar-refractivity contribution in [3.63, 3.8) is 0 Å². The normalized spacial score (nSPS) is 20.0. The molecule has 3 aromatic rings. The number of rotatable bonds is 10. The minimum absolute atomic E-state index is 0.237. The van der Waals surface area contributed by atoms with Crippen LogP contribution in [0.4, 0.5) is 0 Å². The fourth-order valence-electron chi connectivity index (χ4n) is 6.89. The number of fused-ring (bicyclic) bond motifs is 2. The maximum absolute atomic E-state index is 13.0. The first kappa shape index (κ1) is 27.9. The van der Waals surface area contributed by atoms with E-state index in [0.717, 1.165) is 48.2 Å². The minimum atomic E-state index is -0.324. The van der Waals surface area contributed by atoms with Crippen molar-refractivity contribution in [2.24, 2.45) is 5.92 Å². The lowest BCUT2D eigenvalue weighted by molar-refractivity contribution is 0.0372. The summed E-state index contributed by atoms with van der Waals surface area (Å²) in [4.78, 5) is 18.2. The Morgan fingerprint density at radius 3 is 2.67 bits per heavy atom. The van der Waals surface area contributed by atoms with Crippen LogP contribution in [0.15, 0.2) is 45.6 Å². The monoisotopic (exact) mass is 532 g/mol. The first-order chi connectivity index (χ1) is 19.0. The molecule has 0 bridgehead atoms. The summed E-state index contributed by atoms with van der Waals surface area (Å²) in [5.41, 5.74) is 4.41. The highest BCUT2D eigenvalue weighted by Crippen LogP contribution is 2.35. The average molecular weight is 533 g/mol. The molecule has 2 saturated heterocycles. The predicted octanol–water partition coefficient (Wildman–Crippen LogP) is 5.81. The second kappa shape index (κ2) is 12.7. The summed E-state index contributed by atoms with van der Waals surface area (Å²) in [6.07, 6.45) is 8.00. The van der Waals surface area contributed by atoms with Crippen molar-refractivity contribution in [3.8, 4) is 5.75 Å². The van der Waals surface area contributed by atoms with Crippen LogP contribution in [0.3, 0.4) is 0 Å². The highest BCUT2D eigenvalue weighted by atomic mass is 16.5. The summed E-state index contributed by atoms with van der Waals surface area (Å²) < 4.78 is 11.2. The Balaban J connectivity index is 1.45. The van der Waals surface area contributed by atoms with Gasteiger partial charge in [0.2, 0.25) is 0 Å². The number of ether oxygens (including phenoxy) is 1. The van der Waals surface area contributed by atoms with Gasteiger partial charge in [-0.15, -0.1) is 0 Å². The fraction of sp³-hybridized carbons (Fsp3) is 0.545. The van der Waals surface area contributed by atoms with Gasteiger partial charge in [0.15, 0.2) is 0 Å².